The Balaban J connectivity index is 2.25. The maximum Gasteiger partial charge on any atom is 0.250 e. The summed E-state index contributed by atoms with van der Waals surface area (Å²) in [4.78, 5) is 2.05. The molecule has 0 fully saturated rings. The molecule has 0 N–H and O–H groups in total. The molecule has 0 saturated carbocycles. The van der Waals surface area contributed by atoms with Gasteiger partial charge in [-0.25, -0.2) is 4.39 Å². The van der Waals surface area contributed by atoms with E-state index in [4.69, 9.17) is 8.85 Å². The normalized spacial score (nSPS) is 12.9. The van der Waals surface area contributed by atoms with Crippen molar-refractivity contribution in [3.63, 3.8) is 0 Å². The standard InChI is InChI=1S/C30H41BrFNO2Si2/c1-29(2,3)36(7,8)34-27-19-26(20-28(21-27)35-37(9,10)30(4,5)6)33(24-15-11-13-22(31)17-24)25-16-12-14-23(32)18-25/h11-21H,1-10H3. The van der Waals surface area contributed by atoms with Crippen LogP contribution in [0.25, 0.3) is 0 Å². The van der Waals surface area contributed by atoms with Crippen molar-refractivity contribution in [3.8, 4) is 11.5 Å². The lowest BCUT2D eigenvalue weighted by atomic mass is 10.2. The van der Waals surface area contributed by atoms with Gasteiger partial charge in [0, 0.05) is 34.0 Å². The molecule has 3 aromatic carbocycles. The Morgan fingerprint density at radius 3 is 1.54 bits per heavy atom. The van der Waals surface area contributed by atoms with Crippen LogP contribution in [-0.2, 0) is 0 Å². The van der Waals surface area contributed by atoms with Gasteiger partial charge < -0.3 is 13.8 Å². The van der Waals surface area contributed by atoms with E-state index in [1.165, 1.54) is 6.07 Å². The van der Waals surface area contributed by atoms with Gasteiger partial charge in [-0.05, 0) is 72.7 Å². The Morgan fingerprint density at radius 1 is 0.649 bits per heavy atom. The van der Waals surface area contributed by atoms with Crippen LogP contribution in [-0.4, -0.2) is 16.6 Å². The Labute approximate surface area is 233 Å². The monoisotopic (exact) mass is 601 g/mol. The number of nitrogens with zero attached hydrogens (tertiary/aromatic N) is 1. The first-order valence-corrected chi connectivity index (χ1v) is 19.3. The maximum absolute atomic E-state index is 14.4. The van der Waals surface area contributed by atoms with Crippen molar-refractivity contribution in [1.29, 1.82) is 0 Å². The molecule has 0 amide bonds. The average Bonchev–Trinajstić information content (AvgIpc) is 2.71. The van der Waals surface area contributed by atoms with Crippen molar-refractivity contribution in [2.45, 2.75) is 77.8 Å². The van der Waals surface area contributed by atoms with E-state index in [9.17, 15) is 4.39 Å². The van der Waals surface area contributed by atoms with E-state index >= 15 is 0 Å². The topological polar surface area (TPSA) is 21.7 Å². The molecule has 200 valence electrons. The SMILES string of the molecule is CC(C)(C)[Si](C)(C)Oc1cc(O[Si](C)(C)C(C)(C)C)cc(N(c2cccc(F)c2)c2cccc(Br)c2)c1. The maximum atomic E-state index is 14.4. The quantitative estimate of drug-likeness (QED) is 0.251. The fraction of sp³-hybridized carbons (Fsp3) is 0.400. The van der Waals surface area contributed by atoms with E-state index in [0.29, 0.717) is 0 Å². The zero-order chi connectivity index (χ0) is 27.8. The summed E-state index contributed by atoms with van der Waals surface area (Å²) in [6.07, 6.45) is 0. The average molecular weight is 603 g/mol. The second-order valence-electron chi connectivity index (χ2n) is 12.7. The van der Waals surface area contributed by atoms with Crippen LogP contribution in [0.3, 0.4) is 0 Å². The molecule has 37 heavy (non-hydrogen) atoms. The van der Waals surface area contributed by atoms with Gasteiger partial charge in [-0.1, -0.05) is 69.6 Å². The number of halogens is 2. The summed E-state index contributed by atoms with van der Waals surface area (Å²) in [5, 5.41) is 0.0754. The van der Waals surface area contributed by atoms with Crippen LogP contribution in [0.1, 0.15) is 41.5 Å². The minimum Gasteiger partial charge on any atom is -0.543 e. The highest BCUT2D eigenvalue weighted by Crippen LogP contribution is 2.44. The van der Waals surface area contributed by atoms with Crippen molar-refractivity contribution in [2.24, 2.45) is 0 Å². The number of anilines is 3. The van der Waals surface area contributed by atoms with E-state index in [-0.39, 0.29) is 15.9 Å². The Bertz CT molecular complexity index is 1160. The molecule has 0 unspecified atom stereocenters. The summed E-state index contributed by atoms with van der Waals surface area (Å²) in [5.41, 5.74) is 2.48. The Kier molecular flexibility index (Phi) is 8.42. The lowest BCUT2D eigenvalue weighted by molar-refractivity contribution is 0.475. The zero-order valence-electron chi connectivity index (χ0n) is 23.9. The third-order valence-electron chi connectivity index (χ3n) is 7.61. The van der Waals surface area contributed by atoms with Gasteiger partial charge in [0.2, 0.25) is 16.6 Å². The summed E-state index contributed by atoms with van der Waals surface area (Å²) in [7, 11) is -4.26. The van der Waals surface area contributed by atoms with Gasteiger partial charge >= 0.3 is 0 Å². The summed E-state index contributed by atoms with van der Waals surface area (Å²) in [5.74, 6) is 1.26. The minimum absolute atomic E-state index is 0.0377. The first-order chi connectivity index (χ1) is 16.9. The smallest absolute Gasteiger partial charge is 0.250 e. The molecule has 7 heteroatoms. The molecule has 0 bridgehead atoms. The van der Waals surface area contributed by atoms with Crippen molar-refractivity contribution in [3.05, 3.63) is 77.0 Å². The number of hydrogen-bond donors (Lipinski definition) is 0. The molecule has 3 aromatic rings. The molecule has 0 saturated heterocycles. The van der Waals surface area contributed by atoms with Crippen LogP contribution < -0.4 is 13.8 Å². The van der Waals surface area contributed by atoms with E-state index in [0.717, 1.165) is 33.0 Å². The van der Waals surface area contributed by atoms with E-state index < -0.39 is 16.6 Å². The van der Waals surface area contributed by atoms with Gasteiger partial charge in [-0.15, -0.1) is 0 Å². The predicted molar refractivity (Wildman–Crippen MR) is 164 cm³/mol. The molecule has 0 aliphatic heterocycles. The highest BCUT2D eigenvalue weighted by Gasteiger charge is 2.41. The van der Waals surface area contributed by atoms with Gasteiger partial charge in [0.15, 0.2) is 0 Å². The largest absolute Gasteiger partial charge is 0.543 e. The summed E-state index contributed by atoms with van der Waals surface area (Å²) in [6, 6.07) is 20.8. The number of benzene rings is 3. The van der Waals surface area contributed by atoms with Crippen LogP contribution in [0, 0.1) is 5.82 Å². The molecular weight excluding hydrogens is 561 g/mol. The van der Waals surface area contributed by atoms with Gasteiger partial charge in [-0.2, -0.15) is 0 Å². The van der Waals surface area contributed by atoms with Crippen LogP contribution in [0.15, 0.2) is 71.2 Å². The lowest BCUT2D eigenvalue weighted by Crippen LogP contribution is -2.44. The fourth-order valence-corrected chi connectivity index (χ4v) is 5.79. The molecule has 3 rings (SSSR count). The van der Waals surface area contributed by atoms with Crippen LogP contribution in [0.5, 0.6) is 11.5 Å². The van der Waals surface area contributed by atoms with E-state index in [1.807, 2.05) is 53.4 Å². The lowest BCUT2D eigenvalue weighted by Gasteiger charge is -2.38. The first-order valence-electron chi connectivity index (χ1n) is 12.7. The molecule has 0 atom stereocenters. The number of hydrogen-bond acceptors (Lipinski definition) is 3. The Morgan fingerprint density at radius 2 is 1.11 bits per heavy atom. The highest BCUT2D eigenvalue weighted by atomic mass is 79.9. The molecule has 3 nitrogen and oxygen atoms in total. The molecule has 0 aliphatic rings. The number of rotatable bonds is 7. The van der Waals surface area contributed by atoms with Gasteiger partial charge in [0.1, 0.15) is 17.3 Å². The van der Waals surface area contributed by atoms with Gasteiger partial charge in [0.05, 0.1) is 5.69 Å². The van der Waals surface area contributed by atoms with Gasteiger partial charge in [0.25, 0.3) is 0 Å². The van der Waals surface area contributed by atoms with E-state index in [1.54, 1.807) is 12.1 Å². The summed E-state index contributed by atoms with van der Waals surface area (Å²) < 4.78 is 28.9. The van der Waals surface area contributed by atoms with Crippen molar-refractivity contribution in [1.82, 2.24) is 0 Å². The van der Waals surface area contributed by atoms with Crippen molar-refractivity contribution in [2.75, 3.05) is 4.90 Å². The second kappa shape index (κ2) is 10.6. The zero-order valence-corrected chi connectivity index (χ0v) is 27.5. The highest BCUT2D eigenvalue weighted by molar-refractivity contribution is 9.10. The fourth-order valence-electron chi connectivity index (χ4n) is 3.38. The molecular formula is C30H41BrFNO2Si2. The Hall–Kier alpha value is -2.10. The minimum atomic E-state index is -2.13. The third kappa shape index (κ3) is 7.06. The first kappa shape index (κ1) is 29.5. The van der Waals surface area contributed by atoms with Crippen LogP contribution in [0.2, 0.25) is 36.3 Å². The van der Waals surface area contributed by atoms with Gasteiger partial charge in [-0.3, -0.25) is 0 Å². The van der Waals surface area contributed by atoms with Crippen molar-refractivity contribution >= 4 is 49.6 Å². The molecule has 0 radical (unpaired) electrons. The van der Waals surface area contributed by atoms with Crippen LogP contribution >= 0.6 is 15.9 Å². The van der Waals surface area contributed by atoms with Crippen LogP contribution in [0.4, 0.5) is 21.5 Å². The summed E-state index contributed by atoms with van der Waals surface area (Å²) in [6.45, 7) is 22.4. The molecule has 0 spiro atoms. The predicted octanol–water partition coefficient (Wildman–Crippen LogP) is 10.8. The van der Waals surface area contributed by atoms with E-state index in [2.05, 4.69) is 83.7 Å². The molecule has 0 aromatic heterocycles. The van der Waals surface area contributed by atoms with Crippen molar-refractivity contribution < 1.29 is 13.2 Å². The second-order valence-corrected chi connectivity index (χ2v) is 23.0. The summed E-state index contributed by atoms with van der Waals surface area (Å²) >= 11 is 3.60. The molecule has 0 heterocycles. The third-order valence-corrected chi connectivity index (χ3v) is 16.8. The molecule has 0 aliphatic carbocycles.